The molecule has 5 nitrogen and oxygen atoms in total. The third-order valence-electron chi connectivity index (χ3n) is 2.99. The number of aliphatic hydroxyl groups is 1. The summed E-state index contributed by atoms with van der Waals surface area (Å²) in [6, 6.07) is 0. The molecule has 5 heteroatoms. The Morgan fingerprint density at radius 1 is 1.26 bits per heavy atom. The molecule has 0 radical (unpaired) electrons. The molecule has 0 saturated heterocycles. The van der Waals surface area contributed by atoms with Gasteiger partial charge in [0.15, 0.2) is 5.82 Å². The minimum Gasteiger partial charge on any atom is -0.394 e. The third-order valence-corrected chi connectivity index (χ3v) is 2.99. The molecule has 0 aliphatic carbocycles. The fraction of sp³-hybridized carbons (Fsp3) is 0.857. The monoisotopic (exact) mass is 269 g/mol. The number of nitrogens with zero attached hydrogens (tertiary/aromatic N) is 2. The van der Waals surface area contributed by atoms with E-state index in [0.717, 1.165) is 6.42 Å². The predicted molar refractivity (Wildman–Crippen MR) is 74.8 cm³/mol. The Hall–Kier alpha value is -0.940. The summed E-state index contributed by atoms with van der Waals surface area (Å²) in [7, 11) is 0. The second kappa shape index (κ2) is 6.01. The fourth-order valence-corrected chi connectivity index (χ4v) is 2.02. The van der Waals surface area contributed by atoms with Gasteiger partial charge in [0.05, 0.1) is 13.2 Å². The summed E-state index contributed by atoms with van der Waals surface area (Å²) in [4.78, 5) is 4.38. The van der Waals surface area contributed by atoms with Gasteiger partial charge in [0.1, 0.15) is 0 Å². The van der Waals surface area contributed by atoms with Crippen LogP contribution >= 0.6 is 0 Å². The van der Waals surface area contributed by atoms with Crippen LogP contribution in [0.4, 0.5) is 0 Å². The van der Waals surface area contributed by atoms with Crippen molar-refractivity contribution in [1.29, 1.82) is 0 Å². The average Bonchev–Trinajstić information content (AvgIpc) is 2.74. The Labute approximate surface area is 115 Å². The molecule has 0 saturated carbocycles. The van der Waals surface area contributed by atoms with E-state index in [1.807, 2.05) is 27.7 Å². The van der Waals surface area contributed by atoms with Crippen LogP contribution in [0, 0.1) is 5.92 Å². The molecule has 0 amide bonds. The van der Waals surface area contributed by atoms with Crippen LogP contribution in [0.15, 0.2) is 4.52 Å². The van der Waals surface area contributed by atoms with Crippen molar-refractivity contribution in [3.8, 4) is 0 Å². The summed E-state index contributed by atoms with van der Waals surface area (Å²) in [5.74, 6) is 1.78. The molecule has 0 aliphatic heterocycles. The maximum atomic E-state index is 9.52. The summed E-state index contributed by atoms with van der Waals surface area (Å²) in [5, 5.41) is 16.8. The molecule has 1 rings (SSSR count). The molecule has 0 aliphatic rings. The highest BCUT2D eigenvalue weighted by atomic mass is 16.5. The predicted octanol–water partition coefficient (Wildman–Crippen LogP) is 2.25. The Morgan fingerprint density at radius 3 is 2.32 bits per heavy atom. The van der Waals surface area contributed by atoms with Gasteiger partial charge in [0.25, 0.3) is 0 Å². The lowest BCUT2D eigenvalue weighted by molar-refractivity contribution is 0.150. The van der Waals surface area contributed by atoms with Gasteiger partial charge in [-0.1, -0.05) is 39.8 Å². The number of nitrogens with one attached hydrogen (secondary N) is 1. The molecule has 19 heavy (non-hydrogen) atoms. The third kappa shape index (κ3) is 4.91. The average molecular weight is 269 g/mol. The number of hydrogen-bond acceptors (Lipinski definition) is 5. The van der Waals surface area contributed by atoms with Crippen molar-refractivity contribution in [3.05, 3.63) is 11.7 Å². The van der Waals surface area contributed by atoms with Crippen LogP contribution in [0.5, 0.6) is 0 Å². The Kier molecular flexibility index (Phi) is 5.10. The first-order valence-corrected chi connectivity index (χ1v) is 6.85. The summed E-state index contributed by atoms with van der Waals surface area (Å²) in [5.41, 5.74) is -0.444. The largest absolute Gasteiger partial charge is 0.394 e. The van der Waals surface area contributed by atoms with Crippen molar-refractivity contribution in [2.45, 2.75) is 65.5 Å². The Bertz CT molecular complexity index is 396. The van der Waals surface area contributed by atoms with E-state index in [0.29, 0.717) is 24.2 Å². The number of rotatable bonds is 6. The van der Waals surface area contributed by atoms with Crippen molar-refractivity contribution in [1.82, 2.24) is 15.5 Å². The van der Waals surface area contributed by atoms with Crippen LogP contribution in [-0.2, 0) is 12.0 Å². The summed E-state index contributed by atoms with van der Waals surface area (Å²) < 4.78 is 5.25. The lowest BCUT2D eigenvalue weighted by Gasteiger charge is -2.30. The van der Waals surface area contributed by atoms with E-state index in [-0.39, 0.29) is 17.6 Å². The molecule has 0 aromatic carbocycles. The molecule has 0 bridgehead atoms. The molecule has 0 spiro atoms. The van der Waals surface area contributed by atoms with E-state index in [2.05, 4.69) is 29.3 Å². The van der Waals surface area contributed by atoms with Gasteiger partial charge >= 0.3 is 0 Å². The van der Waals surface area contributed by atoms with Gasteiger partial charge in [-0.25, -0.2) is 0 Å². The molecule has 2 N–H and O–H groups in total. The van der Waals surface area contributed by atoms with Crippen molar-refractivity contribution < 1.29 is 9.63 Å². The SMILES string of the molecule is CC(C)C[C@@](C)(CO)NCc1noc(C(C)(C)C)n1. The second-order valence-corrected chi connectivity index (χ2v) is 6.94. The zero-order valence-corrected chi connectivity index (χ0v) is 12.9. The maximum Gasteiger partial charge on any atom is 0.232 e. The van der Waals surface area contributed by atoms with E-state index in [1.54, 1.807) is 0 Å². The zero-order valence-electron chi connectivity index (χ0n) is 12.9. The van der Waals surface area contributed by atoms with E-state index in [1.165, 1.54) is 0 Å². The normalized spacial score (nSPS) is 15.8. The molecule has 1 heterocycles. The van der Waals surface area contributed by atoms with Gasteiger partial charge in [0, 0.05) is 11.0 Å². The molecule has 0 fully saturated rings. The number of hydrogen-bond donors (Lipinski definition) is 2. The first kappa shape index (κ1) is 16.1. The van der Waals surface area contributed by atoms with E-state index >= 15 is 0 Å². The first-order valence-electron chi connectivity index (χ1n) is 6.85. The molecule has 110 valence electrons. The molecular weight excluding hydrogens is 242 g/mol. The standard InChI is InChI=1S/C14H27N3O2/c1-10(2)7-14(6,9-18)15-8-11-16-12(19-17-11)13(3,4)5/h10,15,18H,7-9H2,1-6H3/t14-/m0/s1. The van der Waals surface area contributed by atoms with Gasteiger partial charge in [-0.2, -0.15) is 4.98 Å². The Balaban J connectivity index is 2.63. The Morgan fingerprint density at radius 2 is 1.89 bits per heavy atom. The summed E-state index contributed by atoms with van der Waals surface area (Å²) >= 11 is 0. The van der Waals surface area contributed by atoms with Crippen LogP contribution in [0.2, 0.25) is 0 Å². The van der Waals surface area contributed by atoms with Gasteiger partial charge in [-0.05, 0) is 19.3 Å². The minimum absolute atomic E-state index is 0.0924. The molecule has 1 aromatic rings. The topological polar surface area (TPSA) is 71.2 Å². The number of aliphatic hydroxyl groups excluding tert-OH is 1. The number of aromatic nitrogens is 2. The van der Waals surface area contributed by atoms with Gasteiger partial charge in [-0.15, -0.1) is 0 Å². The lowest BCUT2D eigenvalue weighted by atomic mass is 9.91. The van der Waals surface area contributed by atoms with Crippen molar-refractivity contribution >= 4 is 0 Å². The van der Waals surface area contributed by atoms with E-state index in [4.69, 9.17) is 4.52 Å². The van der Waals surface area contributed by atoms with Crippen LogP contribution in [0.3, 0.4) is 0 Å². The van der Waals surface area contributed by atoms with Crippen molar-refractivity contribution in [2.24, 2.45) is 5.92 Å². The molecular formula is C14H27N3O2. The molecule has 1 aromatic heterocycles. The maximum absolute atomic E-state index is 9.52. The lowest BCUT2D eigenvalue weighted by Crippen LogP contribution is -2.46. The zero-order chi connectivity index (χ0) is 14.7. The van der Waals surface area contributed by atoms with Crippen LogP contribution in [0.25, 0.3) is 0 Å². The highest BCUT2D eigenvalue weighted by Crippen LogP contribution is 2.20. The minimum atomic E-state index is -0.309. The van der Waals surface area contributed by atoms with Crippen LogP contribution in [0.1, 0.15) is 59.7 Å². The second-order valence-electron chi connectivity index (χ2n) is 6.94. The molecule has 0 unspecified atom stereocenters. The quantitative estimate of drug-likeness (QED) is 0.829. The fourth-order valence-electron chi connectivity index (χ4n) is 2.02. The van der Waals surface area contributed by atoms with Gasteiger partial charge in [0.2, 0.25) is 5.89 Å². The first-order chi connectivity index (χ1) is 8.66. The smallest absolute Gasteiger partial charge is 0.232 e. The van der Waals surface area contributed by atoms with Crippen molar-refractivity contribution in [2.75, 3.05) is 6.61 Å². The van der Waals surface area contributed by atoms with Crippen LogP contribution < -0.4 is 5.32 Å². The van der Waals surface area contributed by atoms with E-state index in [9.17, 15) is 5.11 Å². The molecule has 1 atom stereocenters. The highest BCUT2D eigenvalue weighted by molar-refractivity contribution is 4.98. The van der Waals surface area contributed by atoms with Crippen LogP contribution in [-0.4, -0.2) is 27.4 Å². The van der Waals surface area contributed by atoms with Gasteiger partial charge < -0.3 is 14.9 Å². The summed E-state index contributed by atoms with van der Waals surface area (Å²) in [6.45, 7) is 13.0. The van der Waals surface area contributed by atoms with Crippen molar-refractivity contribution in [3.63, 3.8) is 0 Å². The van der Waals surface area contributed by atoms with Gasteiger partial charge in [-0.3, -0.25) is 0 Å². The van der Waals surface area contributed by atoms with E-state index < -0.39 is 0 Å². The highest BCUT2D eigenvalue weighted by Gasteiger charge is 2.26. The summed E-state index contributed by atoms with van der Waals surface area (Å²) in [6.07, 6.45) is 0.896.